The lowest BCUT2D eigenvalue weighted by atomic mass is 10.1. The van der Waals surface area contributed by atoms with Crippen molar-refractivity contribution in [3.63, 3.8) is 0 Å². The molecule has 0 saturated carbocycles. The lowest BCUT2D eigenvalue weighted by Gasteiger charge is -2.22. The topological polar surface area (TPSA) is 89.9 Å². The number of hydrogen-bond donors (Lipinski definition) is 1. The van der Waals surface area contributed by atoms with Gasteiger partial charge in [0.25, 0.3) is 0 Å². The summed E-state index contributed by atoms with van der Waals surface area (Å²) in [6.45, 7) is 6.11. The van der Waals surface area contributed by atoms with Crippen LogP contribution in [-0.4, -0.2) is 61.4 Å². The molecule has 2 unspecified atom stereocenters. The SMILES string of the molecule is CCCCCCCCCCCCOc1cccc(OCC(COP(=O)(O)Oc2ccccc2CN2C=CN(C)C2)OC)c1C. The maximum Gasteiger partial charge on any atom is 0.527 e. The molecule has 3 rings (SSSR count). The Morgan fingerprint density at radius 3 is 2.14 bits per heavy atom. The van der Waals surface area contributed by atoms with Gasteiger partial charge in [0.1, 0.15) is 30.0 Å². The second kappa shape index (κ2) is 19.6. The van der Waals surface area contributed by atoms with Crippen LogP contribution in [0.25, 0.3) is 0 Å². The van der Waals surface area contributed by atoms with Crippen LogP contribution in [0.3, 0.4) is 0 Å². The predicted molar refractivity (Wildman–Crippen MR) is 175 cm³/mol. The lowest BCUT2D eigenvalue weighted by molar-refractivity contribution is 0.0158. The molecule has 2 aromatic carbocycles. The van der Waals surface area contributed by atoms with Gasteiger partial charge in [-0.2, -0.15) is 0 Å². The molecule has 0 aliphatic carbocycles. The first-order chi connectivity index (χ1) is 21.3. The third-order valence-electron chi connectivity index (χ3n) is 7.67. The third kappa shape index (κ3) is 13.1. The Bertz CT molecular complexity index is 1180. The van der Waals surface area contributed by atoms with Crippen LogP contribution >= 0.6 is 7.82 Å². The molecule has 246 valence electrons. The molecule has 2 atom stereocenters. The highest BCUT2D eigenvalue weighted by Crippen LogP contribution is 2.45. The van der Waals surface area contributed by atoms with Gasteiger partial charge in [0.2, 0.25) is 0 Å². The highest BCUT2D eigenvalue weighted by atomic mass is 31.2. The molecule has 2 aromatic rings. The van der Waals surface area contributed by atoms with E-state index in [1.807, 2.05) is 61.6 Å². The summed E-state index contributed by atoms with van der Waals surface area (Å²) in [5, 5.41) is 0. The van der Waals surface area contributed by atoms with E-state index in [1.165, 1.54) is 64.9 Å². The van der Waals surface area contributed by atoms with Gasteiger partial charge in [0, 0.05) is 44.2 Å². The molecule has 0 fully saturated rings. The van der Waals surface area contributed by atoms with Crippen molar-refractivity contribution in [3.8, 4) is 17.2 Å². The first kappa shape index (κ1) is 35.8. The summed E-state index contributed by atoms with van der Waals surface area (Å²) in [5.74, 6) is 1.77. The third-order valence-corrected chi connectivity index (χ3v) is 8.57. The molecule has 0 amide bonds. The van der Waals surface area contributed by atoms with Crippen molar-refractivity contribution in [2.24, 2.45) is 0 Å². The molecule has 1 aliphatic rings. The Morgan fingerprint density at radius 2 is 1.48 bits per heavy atom. The van der Waals surface area contributed by atoms with Crippen LogP contribution in [0.15, 0.2) is 54.9 Å². The largest absolute Gasteiger partial charge is 0.527 e. The Hall–Kier alpha value is -2.71. The fourth-order valence-electron chi connectivity index (χ4n) is 5.01. The highest BCUT2D eigenvalue weighted by Gasteiger charge is 2.27. The summed E-state index contributed by atoms with van der Waals surface area (Å²) in [4.78, 5) is 14.6. The zero-order chi connectivity index (χ0) is 31.6. The molecule has 0 bridgehead atoms. The predicted octanol–water partition coefficient (Wildman–Crippen LogP) is 8.06. The van der Waals surface area contributed by atoms with Crippen LogP contribution in [0, 0.1) is 6.92 Å². The van der Waals surface area contributed by atoms with Crippen LogP contribution in [-0.2, 0) is 20.4 Å². The smallest absolute Gasteiger partial charge is 0.493 e. The van der Waals surface area contributed by atoms with E-state index in [4.69, 9.17) is 23.3 Å². The quantitative estimate of drug-likeness (QED) is 0.0965. The number of methoxy groups -OCH3 is 1. The van der Waals surface area contributed by atoms with Gasteiger partial charge in [0.05, 0.1) is 19.9 Å². The summed E-state index contributed by atoms with van der Waals surface area (Å²) >= 11 is 0. The monoisotopic (exact) mass is 632 g/mol. The average molecular weight is 633 g/mol. The van der Waals surface area contributed by atoms with Gasteiger partial charge in [-0.05, 0) is 31.5 Å². The minimum absolute atomic E-state index is 0.130. The van der Waals surface area contributed by atoms with E-state index >= 15 is 0 Å². The van der Waals surface area contributed by atoms with E-state index in [2.05, 4.69) is 11.8 Å². The van der Waals surface area contributed by atoms with Crippen molar-refractivity contribution in [2.75, 3.05) is 40.6 Å². The van der Waals surface area contributed by atoms with E-state index in [9.17, 15) is 9.46 Å². The van der Waals surface area contributed by atoms with Gasteiger partial charge in [-0.15, -0.1) is 0 Å². The molecule has 1 heterocycles. The fourth-order valence-corrected chi connectivity index (χ4v) is 5.84. The van der Waals surface area contributed by atoms with Gasteiger partial charge in [-0.1, -0.05) is 89.0 Å². The molecule has 0 radical (unpaired) electrons. The number of ether oxygens (including phenoxy) is 3. The number of rotatable bonds is 23. The Labute approximate surface area is 264 Å². The number of phosphoric acid groups is 1. The molecule has 44 heavy (non-hydrogen) atoms. The van der Waals surface area contributed by atoms with Crippen LogP contribution in [0.5, 0.6) is 17.2 Å². The maximum atomic E-state index is 12.8. The summed E-state index contributed by atoms with van der Waals surface area (Å²) in [7, 11) is -0.920. The van der Waals surface area contributed by atoms with Gasteiger partial charge in [-0.3, -0.25) is 9.42 Å². The summed E-state index contributed by atoms with van der Waals surface area (Å²) in [5.41, 5.74) is 1.69. The first-order valence-electron chi connectivity index (χ1n) is 16.1. The Morgan fingerprint density at radius 1 is 0.841 bits per heavy atom. The van der Waals surface area contributed by atoms with Crippen LogP contribution in [0.1, 0.15) is 82.3 Å². The van der Waals surface area contributed by atoms with E-state index in [0.29, 0.717) is 24.7 Å². The summed E-state index contributed by atoms with van der Waals surface area (Å²) in [6.07, 6.45) is 16.2. The molecular weight excluding hydrogens is 579 g/mol. The molecule has 0 spiro atoms. The second-order valence-corrected chi connectivity index (χ2v) is 12.9. The van der Waals surface area contributed by atoms with Gasteiger partial charge in [0.15, 0.2) is 0 Å². The molecular formula is C34H53N2O7P. The van der Waals surface area contributed by atoms with Gasteiger partial charge in [-0.25, -0.2) is 4.57 Å². The van der Waals surface area contributed by atoms with E-state index in [-0.39, 0.29) is 13.2 Å². The van der Waals surface area contributed by atoms with Crippen molar-refractivity contribution < 1.29 is 32.7 Å². The number of benzene rings is 2. The van der Waals surface area contributed by atoms with Crippen molar-refractivity contribution in [1.29, 1.82) is 0 Å². The number of nitrogens with zero attached hydrogens (tertiary/aromatic N) is 2. The van der Waals surface area contributed by atoms with Crippen LogP contribution in [0.2, 0.25) is 0 Å². The van der Waals surface area contributed by atoms with E-state index < -0.39 is 13.9 Å². The van der Waals surface area contributed by atoms with Gasteiger partial charge >= 0.3 is 7.82 Å². The minimum Gasteiger partial charge on any atom is -0.493 e. The molecule has 0 aromatic heterocycles. The van der Waals surface area contributed by atoms with Crippen LogP contribution < -0.4 is 14.0 Å². The molecule has 1 N–H and O–H groups in total. The fraction of sp³-hybridized carbons (Fsp3) is 0.588. The average Bonchev–Trinajstić information content (AvgIpc) is 3.42. The molecule has 9 nitrogen and oxygen atoms in total. The van der Waals surface area contributed by atoms with Crippen LogP contribution in [0.4, 0.5) is 0 Å². The second-order valence-electron chi connectivity index (χ2n) is 11.5. The number of phosphoric ester groups is 1. The standard InChI is InChI=1S/C34H53N2O7P/c1-5-6-7-8-9-10-11-12-13-16-24-40-32-20-17-21-33(29(32)2)41-26-31(39-4)27-42-44(37,38)43-34-19-15-14-18-30(34)25-36-23-22-35(3)28-36/h14-15,17-23,31H,5-13,16,24-28H2,1-4H3,(H,37,38). The van der Waals surface area contributed by atoms with E-state index in [1.54, 1.807) is 12.1 Å². The Kier molecular flexibility index (Phi) is 16.0. The molecule has 1 aliphatic heterocycles. The molecule has 0 saturated heterocycles. The van der Waals surface area contributed by atoms with Crippen molar-refractivity contribution in [3.05, 3.63) is 66.0 Å². The molecule has 10 heteroatoms. The first-order valence-corrected chi connectivity index (χ1v) is 17.6. The van der Waals surface area contributed by atoms with Crippen molar-refractivity contribution >= 4 is 7.82 Å². The number of hydrogen-bond acceptors (Lipinski definition) is 8. The normalized spacial score (nSPS) is 14.9. The zero-order valence-electron chi connectivity index (χ0n) is 27.1. The van der Waals surface area contributed by atoms with Crippen molar-refractivity contribution in [2.45, 2.75) is 90.7 Å². The van der Waals surface area contributed by atoms with Crippen molar-refractivity contribution in [1.82, 2.24) is 9.80 Å². The van der Waals surface area contributed by atoms with E-state index in [0.717, 1.165) is 30.0 Å². The minimum atomic E-state index is -4.41. The Balaban J connectivity index is 1.39. The maximum absolute atomic E-state index is 12.8. The highest BCUT2D eigenvalue weighted by molar-refractivity contribution is 7.47. The summed E-state index contributed by atoms with van der Waals surface area (Å²) < 4.78 is 41.1. The summed E-state index contributed by atoms with van der Waals surface area (Å²) in [6, 6.07) is 12.9. The number of para-hydroxylation sites is 1. The zero-order valence-corrected chi connectivity index (χ0v) is 28.0. The lowest BCUT2D eigenvalue weighted by Crippen LogP contribution is -2.26. The van der Waals surface area contributed by atoms with Gasteiger partial charge < -0.3 is 28.5 Å². The number of unbranched alkanes of at least 4 members (excludes halogenated alkanes) is 9.